The second-order valence-electron chi connectivity index (χ2n) is 4.99. The van der Waals surface area contributed by atoms with Crippen molar-refractivity contribution in [3.05, 3.63) is 28.2 Å². The maximum Gasteiger partial charge on any atom is 0.0850 e. The second kappa shape index (κ2) is 7.87. The number of rotatable bonds is 5. The monoisotopic (exact) mass is 334 g/mol. The van der Waals surface area contributed by atoms with E-state index in [0.29, 0.717) is 0 Å². The van der Waals surface area contributed by atoms with Crippen LogP contribution in [0.25, 0.3) is 0 Å². The molecular weight excluding hydrogens is 315 g/mol. The van der Waals surface area contributed by atoms with Gasteiger partial charge in [-0.2, -0.15) is 0 Å². The Hall–Kier alpha value is 0.0300. The number of hydrogen-bond acceptors (Lipinski definition) is 4. The first-order valence-electron chi connectivity index (χ1n) is 6.73. The maximum absolute atomic E-state index is 6.15. The highest BCUT2D eigenvalue weighted by Gasteiger charge is 2.22. The molecule has 0 aromatic heterocycles. The fourth-order valence-corrected chi connectivity index (χ4v) is 3.63. The van der Waals surface area contributed by atoms with Crippen LogP contribution in [-0.4, -0.2) is 49.0 Å². The normalized spacial score (nSPS) is 21.9. The molecule has 0 bridgehead atoms. The quantitative estimate of drug-likeness (QED) is 0.839. The summed E-state index contributed by atoms with van der Waals surface area (Å²) in [6, 6.07) is 5.64. The molecule has 20 heavy (non-hydrogen) atoms. The second-order valence-corrected chi connectivity index (χ2v) is 6.97. The lowest BCUT2D eigenvalue weighted by Gasteiger charge is -2.34. The van der Waals surface area contributed by atoms with Crippen molar-refractivity contribution in [1.29, 1.82) is 0 Å². The van der Waals surface area contributed by atoms with Crippen LogP contribution in [-0.2, 0) is 4.74 Å². The van der Waals surface area contributed by atoms with Crippen LogP contribution < -0.4 is 5.73 Å². The van der Waals surface area contributed by atoms with Gasteiger partial charge in [-0.25, -0.2) is 0 Å². The predicted molar refractivity (Wildman–Crippen MR) is 87.0 cm³/mol. The van der Waals surface area contributed by atoms with E-state index in [-0.39, 0.29) is 12.1 Å². The first-order valence-corrected chi connectivity index (χ1v) is 8.48. The largest absolute Gasteiger partial charge is 0.374 e. The summed E-state index contributed by atoms with van der Waals surface area (Å²) >= 11 is 13.9. The fourth-order valence-electron chi connectivity index (χ4n) is 2.13. The van der Waals surface area contributed by atoms with E-state index in [1.54, 1.807) is 11.8 Å². The Labute approximate surface area is 134 Å². The van der Waals surface area contributed by atoms with Crippen molar-refractivity contribution < 1.29 is 4.74 Å². The molecule has 1 aliphatic rings. The third kappa shape index (κ3) is 4.79. The Balaban J connectivity index is 1.79. The van der Waals surface area contributed by atoms with Crippen molar-refractivity contribution >= 4 is 35.0 Å². The number of benzene rings is 1. The van der Waals surface area contributed by atoms with E-state index in [2.05, 4.69) is 4.90 Å². The molecule has 1 saturated heterocycles. The van der Waals surface area contributed by atoms with E-state index in [4.69, 9.17) is 33.7 Å². The predicted octanol–water partition coefficient (Wildman–Crippen LogP) is 3.13. The molecule has 1 aromatic rings. The highest BCUT2D eigenvalue weighted by Crippen LogP contribution is 2.29. The van der Waals surface area contributed by atoms with Gasteiger partial charge in [-0.1, -0.05) is 23.2 Å². The minimum atomic E-state index is 0.0767. The van der Waals surface area contributed by atoms with Crippen LogP contribution in [0.2, 0.25) is 10.0 Å². The first kappa shape index (κ1) is 16.4. The molecular formula is C14H20Cl2N2OS. The van der Waals surface area contributed by atoms with Crippen molar-refractivity contribution in [1.82, 2.24) is 4.90 Å². The van der Waals surface area contributed by atoms with Crippen LogP contribution in [0.15, 0.2) is 23.1 Å². The number of nitrogens with two attached hydrogens (primary N) is 1. The van der Waals surface area contributed by atoms with Crippen molar-refractivity contribution in [2.75, 3.05) is 32.0 Å². The van der Waals surface area contributed by atoms with E-state index in [9.17, 15) is 0 Å². The SMILES string of the molecule is CC(N)C1CN(CCSc2cc(Cl)ccc2Cl)CCO1. The molecule has 2 rings (SSSR count). The summed E-state index contributed by atoms with van der Waals surface area (Å²) in [5, 5.41) is 1.48. The molecule has 6 heteroatoms. The smallest absolute Gasteiger partial charge is 0.0850 e. The zero-order valence-corrected chi connectivity index (χ0v) is 13.8. The highest BCUT2D eigenvalue weighted by molar-refractivity contribution is 7.99. The summed E-state index contributed by atoms with van der Waals surface area (Å²) in [5.41, 5.74) is 5.90. The zero-order chi connectivity index (χ0) is 14.5. The molecule has 1 fully saturated rings. The third-order valence-electron chi connectivity index (χ3n) is 3.32. The molecule has 0 spiro atoms. The van der Waals surface area contributed by atoms with E-state index in [1.807, 2.05) is 25.1 Å². The van der Waals surface area contributed by atoms with E-state index < -0.39 is 0 Å². The molecule has 1 aromatic carbocycles. The molecule has 0 saturated carbocycles. The van der Waals surface area contributed by atoms with Gasteiger partial charge in [-0.15, -0.1) is 11.8 Å². The van der Waals surface area contributed by atoms with Gasteiger partial charge in [0.15, 0.2) is 0 Å². The summed E-state index contributed by atoms with van der Waals surface area (Å²) in [7, 11) is 0. The Bertz CT molecular complexity index is 445. The van der Waals surface area contributed by atoms with Gasteiger partial charge >= 0.3 is 0 Å². The van der Waals surface area contributed by atoms with Crippen molar-refractivity contribution in [3.8, 4) is 0 Å². The molecule has 2 N–H and O–H groups in total. The first-order chi connectivity index (χ1) is 9.56. The summed E-state index contributed by atoms with van der Waals surface area (Å²) in [6.07, 6.45) is 0.142. The lowest BCUT2D eigenvalue weighted by Crippen LogP contribution is -2.49. The van der Waals surface area contributed by atoms with Crippen molar-refractivity contribution in [2.24, 2.45) is 5.73 Å². The van der Waals surface area contributed by atoms with Crippen LogP contribution >= 0.6 is 35.0 Å². The van der Waals surface area contributed by atoms with Gasteiger partial charge in [0.1, 0.15) is 0 Å². The van der Waals surface area contributed by atoms with Gasteiger partial charge in [0, 0.05) is 41.3 Å². The average Bonchev–Trinajstić information content (AvgIpc) is 2.43. The van der Waals surface area contributed by atoms with Gasteiger partial charge < -0.3 is 10.5 Å². The third-order valence-corrected chi connectivity index (χ3v) is 5.03. The van der Waals surface area contributed by atoms with E-state index in [0.717, 1.165) is 46.9 Å². The zero-order valence-electron chi connectivity index (χ0n) is 11.5. The van der Waals surface area contributed by atoms with Gasteiger partial charge in [0.2, 0.25) is 0 Å². The van der Waals surface area contributed by atoms with Gasteiger partial charge in [-0.05, 0) is 25.1 Å². The van der Waals surface area contributed by atoms with Crippen LogP contribution in [0.5, 0.6) is 0 Å². The minimum absolute atomic E-state index is 0.0767. The number of hydrogen-bond donors (Lipinski definition) is 1. The minimum Gasteiger partial charge on any atom is -0.374 e. The Morgan fingerprint density at radius 3 is 3.05 bits per heavy atom. The summed E-state index contributed by atoms with van der Waals surface area (Å²) in [5.74, 6) is 0.978. The Morgan fingerprint density at radius 2 is 2.30 bits per heavy atom. The molecule has 1 heterocycles. The molecule has 0 aliphatic carbocycles. The van der Waals surface area contributed by atoms with Crippen LogP contribution in [0.1, 0.15) is 6.92 Å². The van der Waals surface area contributed by atoms with Gasteiger partial charge in [-0.3, -0.25) is 4.90 Å². The van der Waals surface area contributed by atoms with Crippen LogP contribution in [0.4, 0.5) is 0 Å². The van der Waals surface area contributed by atoms with Crippen LogP contribution in [0.3, 0.4) is 0 Å². The lowest BCUT2D eigenvalue weighted by molar-refractivity contribution is -0.0355. The maximum atomic E-state index is 6.15. The summed E-state index contributed by atoms with van der Waals surface area (Å²) < 4.78 is 5.66. The molecule has 2 unspecified atom stereocenters. The molecule has 2 atom stereocenters. The van der Waals surface area contributed by atoms with Crippen molar-refractivity contribution in [3.63, 3.8) is 0 Å². The summed E-state index contributed by atoms with van der Waals surface area (Å²) in [4.78, 5) is 3.43. The van der Waals surface area contributed by atoms with Gasteiger partial charge in [0.05, 0.1) is 17.7 Å². The molecule has 0 amide bonds. The van der Waals surface area contributed by atoms with E-state index in [1.165, 1.54) is 0 Å². The lowest BCUT2D eigenvalue weighted by atomic mass is 10.1. The Morgan fingerprint density at radius 1 is 1.50 bits per heavy atom. The number of halogens is 2. The topological polar surface area (TPSA) is 38.5 Å². The highest BCUT2D eigenvalue weighted by atomic mass is 35.5. The fraction of sp³-hybridized carbons (Fsp3) is 0.571. The molecule has 0 radical (unpaired) electrons. The molecule has 112 valence electrons. The van der Waals surface area contributed by atoms with E-state index >= 15 is 0 Å². The standard InChI is InChI=1S/C14H20Cl2N2OS/c1-10(17)13-9-18(4-6-19-13)5-7-20-14-8-11(15)2-3-12(14)16/h2-3,8,10,13H,4-7,9,17H2,1H3. The van der Waals surface area contributed by atoms with Gasteiger partial charge in [0.25, 0.3) is 0 Å². The number of nitrogens with zero attached hydrogens (tertiary/aromatic N) is 1. The number of morpholine rings is 1. The molecule has 1 aliphatic heterocycles. The van der Waals surface area contributed by atoms with Crippen LogP contribution in [0, 0.1) is 0 Å². The number of thioether (sulfide) groups is 1. The number of ether oxygens (including phenoxy) is 1. The van der Waals surface area contributed by atoms with Crippen molar-refractivity contribution in [2.45, 2.75) is 24.0 Å². The Kier molecular flexibility index (Phi) is 6.46. The summed E-state index contributed by atoms with van der Waals surface area (Å²) in [6.45, 7) is 5.62. The average molecular weight is 335 g/mol. The molecule has 3 nitrogen and oxygen atoms in total.